The predicted octanol–water partition coefficient (Wildman–Crippen LogP) is 22.4. The van der Waals surface area contributed by atoms with Crippen molar-refractivity contribution in [3.63, 3.8) is 0 Å². The summed E-state index contributed by atoms with van der Waals surface area (Å²) in [6, 6.07) is 0. The van der Waals surface area contributed by atoms with Crippen molar-refractivity contribution in [1.29, 1.82) is 0 Å². The van der Waals surface area contributed by atoms with Gasteiger partial charge in [-0.05, 0) is 154 Å². The Bertz CT molecular complexity index is 1900. The molecular formula is C75H116O6. The Morgan fingerprint density at radius 2 is 0.494 bits per heavy atom. The Morgan fingerprint density at radius 3 is 0.815 bits per heavy atom. The average molecular weight is 1110 g/mol. The van der Waals surface area contributed by atoms with Crippen molar-refractivity contribution in [3.8, 4) is 0 Å². The third kappa shape index (κ3) is 65.2. The van der Waals surface area contributed by atoms with E-state index in [1.54, 1.807) is 0 Å². The average Bonchev–Trinajstić information content (AvgIpc) is 3.47. The lowest BCUT2D eigenvalue weighted by molar-refractivity contribution is -0.167. The Kier molecular flexibility index (Phi) is 62.5. The molecule has 0 aliphatic carbocycles. The predicted molar refractivity (Wildman–Crippen MR) is 352 cm³/mol. The number of hydrogen-bond donors (Lipinski definition) is 0. The van der Waals surface area contributed by atoms with Crippen LogP contribution in [0.1, 0.15) is 252 Å². The molecule has 0 saturated carbocycles. The summed E-state index contributed by atoms with van der Waals surface area (Å²) in [5, 5.41) is 0. The van der Waals surface area contributed by atoms with Gasteiger partial charge in [0.1, 0.15) is 13.2 Å². The molecule has 1 unspecified atom stereocenters. The van der Waals surface area contributed by atoms with Crippen LogP contribution in [0.25, 0.3) is 0 Å². The second-order valence-electron chi connectivity index (χ2n) is 20.5. The van der Waals surface area contributed by atoms with Crippen molar-refractivity contribution in [2.75, 3.05) is 13.2 Å². The molecule has 0 radical (unpaired) electrons. The largest absolute Gasteiger partial charge is 0.462 e. The number of hydrogen-bond acceptors (Lipinski definition) is 6. The zero-order valence-corrected chi connectivity index (χ0v) is 51.7. The van der Waals surface area contributed by atoms with Gasteiger partial charge in [-0.15, -0.1) is 0 Å². The summed E-state index contributed by atoms with van der Waals surface area (Å²) in [6.07, 6.45) is 100. The van der Waals surface area contributed by atoms with Crippen molar-refractivity contribution < 1.29 is 28.6 Å². The van der Waals surface area contributed by atoms with Gasteiger partial charge in [-0.1, -0.05) is 261 Å². The van der Waals surface area contributed by atoms with E-state index < -0.39 is 6.10 Å². The van der Waals surface area contributed by atoms with Crippen molar-refractivity contribution in [2.45, 2.75) is 258 Å². The molecular weight excluding hydrogens is 997 g/mol. The first-order valence-corrected chi connectivity index (χ1v) is 32.3. The van der Waals surface area contributed by atoms with Crippen LogP contribution in [0.15, 0.2) is 182 Å². The molecule has 0 amide bonds. The molecule has 0 N–H and O–H groups in total. The summed E-state index contributed by atoms with van der Waals surface area (Å²) in [6.45, 7) is 6.30. The first kappa shape index (κ1) is 75.5. The van der Waals surface area contributed by atoms with Gasteiger partial charge in [0, 0.05) is 19.3 Å². The Morgan fingerprint density at radius 1 is 0.259 bits per heavy atom. The minimum Gasteiger partial charge on any atom is -0.462 e. The van der Waals surface area contributed by atoms with E-state index in [1.165, 1.54) is 51.4 Å². The molecule has 452 valence electrons. The fourth-order valence-electron chi connectivity index (χ4n) is 8.11. The molecule has 0 bridgehead atoms. The lowest BCUT2D eigenvalue weighted by atomic mass is 10.1. The zero-order valence-electron chi connectivity index (χ0n) is 51.7. The number of carbonyl (C=O) groups excluding carboxylic acids is 3. The van der Waals surface area contributed by atoms with Crippen molar-refractivity contribution in [3.05, 3.63) is 182 Å². The maximum absolute atomic E-state index is 12.9. The van der Waals surface area contributed by atoms with E-state index in [0.29, 0.717) is 12.8 Å². The molecule has 0 aromatic heterocycles. The molecule has 81 heavy (non-hydrogen) atoms. The molecule has 0 aromatic rings. The summed E-state index contributed by atoms with van der Waals surface area (Å²) in [5.41, 5.74) is 0. The highest BCUT2D eigenvalue weighted by Crippen LogP contribution is 2.13. The van der Waals surface area contributed by atoms with Gasteiger partial charge in [0.05, 0.1) is 0 Å². The van der Waals surface area contributed by atoms with Gasteiger partial charge in [-0.25, -0.2) is 0 Å². The maximum Gasteiger partial charge on any atom is 0.306 e. The van der Waals surface area contributed by atoms with Crippen LogP contribution in [-0.2, 0) is 28.6 Å². The Labute approximate surface area is 497 Å². The Hall–Kier alpha value is -5.49. The van der Waals surface area contributed by atoms with Gasteiger partial charge in [0.15, 0.2) is 6.10 Å². The molecule has 0 aromatic carbocycles. The van der Waals surface area contributed by atoms with Gasteiger partial charge in [0.2, 0.25) is 0 Å². The first-order chi connectivity index (χ1) is 40.0. The number of esters is 3. The summed E-state index contributed by atoms with van der Waals surface area (Å²) in [5.74, 6) is -1.04. The first-order valence-electron chi connectivity index (χ1n) is 32.3. The summed E-state index contributed by atoms with van der Waals surface area (Å²) >= 11 is 0. The van der Waals surface area contributed by atoms with Crippen LogP contribution in [-0.4, -0.2) is 37.2 Å². The summed E-state index contributed by atoms with van der Waals surface area (Å²) < 4.78 is 16.8. The lowest BCUT2D eigenvalue weighted by Crippen LogP contribution is -2.30. The van der Waals surface area contributed by atoms with Gasteiger partial charge < -0.3 is 14.2 Å². The third-order valence-electron chi connectivity index (χ3n) is 12.9. The van der Waals surface area contributed by atoms with Gasteiger partial charge >= 0.3 is 17.9 Å². The minimum absolute atomic E-state index is 0.128. The van der Waals surface area contributed by atoms with Crippen molar-refractivity contribution in [2.24, 2.45) is 0 Å². The molecule has 0 saturated heterocycles. The van der Waals surface area contributed by atoms with E-state index >= 15 is 0 Å². The molecule has 0 spiro atoms. The van der Waals surface area contributed by atoms with Gasteiger partial charge in [0.25, 0.3) is 0 Å². The topological polar surface area (TPSA) is 78.9 Å². The minimum atomic E-state index is -0.836. The molecule has 0 heterocycles. The quantitative estimate of drug-likeness (QED) is 0.0261. The number of ether oxygens (including phenoxy) is 3. The number of rotatable bonds is 56. The maximum atomic E-state index is 12.9. The highest BCUT2D eigenvalue weighted by Gasteiger charge is 2.19. The van der Waals surface area contributed by atoms with Gasteiger partial charge in [-0.2, -0.15) is 0 Å². The van der Waals surface area contributed by atoms with E-state index in [1.807, 2.05) is 0 Å². The van der Waals surface area contributed by atoms with Crippen molar-refractivity contribution >= 4 is 17.9 Å². The molecule has 0 fully saturated rings. The summed E-state index contributed by atoms with van der Waals surface area (Å²) in [4.78, 5) is 38.4. The lowest BCUT2D eigenvalue weighted by Gasteiger charge is -2.18. The highest BCUT2D eigenvalue weighted by atomic mass is 16.6. The van der Waals surface area contributed by atoms with Gasteiger partial charge in [-0.3, -0.25) is 14.4 Å². The van der Waals surface area contributed by atoms with Crippen LogP contribution in [0.2, 0.25) is 0 Å². The fourth-order valence-corrected chi connectivity index (χ4v) is 8.11. The zero-order chi connectivity index (χ0) is 58.5. The second-order valence-corrected chi connectivity index (χ2v) is 20.5. The van der Waals surface area contributed by atoms with Crippen LogP contribution < -0.4 is 0 Å². The van der Waals surface area contributed by atoms with Crippen molar-refractivity contribution in [1.82, 2.24) is 0 Å². The van der Waals surface area contributed by atoms with Crippen LogP contribution in [0.5, 0.6) is 0 Å². The number of carbonyl (C=O) groups is 3. The van der Waals surface area contributed by atoms with E-state index in [-0.39, 0.29) is 44.0 Å². The molecule has 0 aliphatic heterocycles. The Balaban J connectivity index is 4.61. The molecule has 1 atom stereocenters. The highest BCUT2D eigenvalue weighted by molar-refractivity contribution is 5.71. The molecule has 6 nitrogen and oxygen atoms in total. The fraction of sp³-hybridized carbons (Fsp3) is 0.560. The third-order valence-corrected chi connectivity index (χ3v) is 12.9. The van der Waals surface area contributed by atoms with E-state index in [2.05, 4.69) is 203 Å². The standard InChI is InChI=1S/C75H116O6/c1-4-7-10-13-16-19-22-25-28-31-34-36-37-39-41-44-47-50-53-56-59-62-65-68-74(77)80-71-72(70-79-73(76)67-64-61-58-55-52-49-46-43-40-33-30-27-24-21-18-15-12-9-6-3)81-75(78)69-66-63-60-57-54-51-48-45-42-38-35-32-29-26-23-20-17-14-11-8-5-2/h7,9-10,12,16,18-19,21,23,25-28,30,32,34-36,39-43,45,47,49-50,52,56,59,72H,4-6,8,11,13-15,17,20,22,24,29,31,33,37-38,44,46,48,51,53-55,57-58,60-71H2,1-3H3/b10-7-,12-9-,19-16-,21-18-,26-23-,28-25-,30-27-,35-32-,36-34-,41-39-,43-40-,45-42-,50-47-,52-49-,59-56-. The van der Waals surface area contributed by atoms with Crippen LogP contribution >= 0.6 is 0 Å². The van der Waals surface area contributed by atoms with Crippen LogP contribution in [0.4, 0.5) is 0 Å². The second kappa shape index (κ2) is 67.0. The number of unbranched alkanes of at least 4 members (excludes halogenated alkanes) is 15. The summed E-state index contributed by atoms with van der Waals surface area (Å²) in [7, 11) is 0. The normalized spacial score (nSPS) is 13.4. The van der Waals surface area contributed by atoms with Crippen LogP contribution in [0.3, 0.4) is 0 Å². The number of allylic oxidation sites excluding steroid dienone is 30. The SMILES string of the molecule is CC/C=C\C/C=C\C/C=C\C/C=C\C/C=C\C/C=C\C/C=C\CCCC(=O)OCC(COC(=O)CCCCC/C=C\C/C=C\C/C=C\C/C=C\C/C=C\CC)OC(=O)CCCCCCCC/C=C\C/C=C\C/C=C\CCCCCCC. The van der Waals surface area contributed by atoms with Crippen LogP contribution in [0, 0.1) is 0 Å². The molecule has 6 heteroatoms. The molecule has 0 aliphatic rings. The molecule has 0 rings (SSSR count). The van der Waals surface area contributed by atoms with E-state index in [4.69, 9.17) is 14.2 Å². The monoisotopic (exact) mass is 1110 g/mol. The van der Waals surface area contributed by atoms with E-state index in [9.17, 15) is 14.4 Å². The smallest absolute Gasteiger partial charge is 0.306 e. The van der Waals surface area contributed by atoms with E-state index in [0.717, 1.165) is 154 Å².